The van der Waals surface area contributed by atoms with Gasteiger partial charge in [0.05, 0.1) is 4.90 Å². The van der Waals surface area contributed by atoms with Gasteiger partial charge in [0.15, 0.2) is 9.84 Å². The van der Waals surface area contributed by atoms with Gasteiger partial charge in [-0.3, -0.25) is 4.90 Å². The van der Waals surface area contributed by atoms with Crippen LogP contribution in [0.1, 0.15) is 38.8 Å². The van der Waals surface area contributed by atoms with Crippen molar-refractivity contribution in [3.8, 4) is 5.75 Å². The van der Waals surface area contributed by atoms with Gasteiger partial charge in [-0.1, -0.05) is 62.4 Å². The minimum absolute atomic E-state index is 0.0182. The van der Waals surface area contributed by atoms with Crippen molar-refractivity contribution in [2.24, 2.45) is 5.92 Å². The molecular formula is C27H31NO3S. The van der Waals surface area contributed by atoms with Crippen LogP contribution in [0.15, 0.2) is 71.6 Å². The van der Waals surface area contributed by atoms with E-state index in [1.807, 2.05) is 67.3 Å². The molecule has 4 rings (SSSR count). The summed E-state index contributed by atoms with van der Waals surface area (Å²) in [6, 6.07) is 19.2. The van der Waals surface area contributed by atoms with Crippen LogP contribution in [0.25, 0.3) is 16.8 Å². The zero-order chi connectivity index (χ0) is 22.9. The fourth-order valence-corrected chi connectivity index (χ4v) is 5.86. The molecule has 0 aliphatic carbocycles. The smallest absolute Gasteiger partial charge is 0.192 e. The summed E-state index contributed by atoms with van der Waals surface area (Å²) in [5, 5.41) is 1.71. The van der Waals surface area contributed by atoms with Gasteiger partial charge in [0.25, 0.3) is 0 Å². The Balaban J connectivity index is 1.61. The SMILES string of the molecule is CC(C)CN(Cc1ccc2c(c1)C=CC(C)(C)O2)CS(=O)(=O)c1cccc2ccccc12. The normalized spacial score (nSPS) is 15.2. The van der Waals surface area contributed by atoms with E-state index in [0.29, 0.717) is 23.9 Å². The second-order valence-electron chi connectivity index (χ2n) is 9.54. The molecule has 1 heterocycles. The number of rotatable bonds is 7. The fraction of sp³-hybridized carbons (Fsp3) is 0.333. The van der Waals surface area contributed by atoms with Gasteiger partial charge in [-0.2, -0.15) is 0 Å². The van der Waals surface area contributed by atoms with E-state index in [9.17, 15) is 8.42 Å². The summed E-state index contributed by atoms with van der Waals surface area (Å²) >= 11 is 0. The highest BCUT2D eigenvalue weighted by molar-refractivity contribution is 7.91. The molecule has 0 fully saturated rings. The van der Waals surface area contributed by atoms with E-state index in [1.165, 1.54) is 0 Å². The predicted octanol–water partition coefficient (Wildman–Crippen LogP) is 5.91. The molecule has 0 N–H and O–H groups in total. The Morgan fingerprint density at radius 1 is 1.00 bits per heavy atom. The van der Waals surface area contributed by atoms with Crippen LogP contribution in [0, 0.1) is 5.92 Å². The van der Waals surface area contributed by atoms with Crippen molar-refractivity contribution in [2.45, 2.75) is 44.7 Å². The second-order valence-corrected chi connectivity index (χ2v) is 11.5. The average Bonchev–Trinajstić information content (AvgIpc) is 2.72. The van der Waals surface area contributed by atoms with Crippen molar-refractivity contribution in [3.05, 3.63) is 77.9 Å². The van der Waals surface area contributed by atoms with Crippen LogP contribution in [-0.4, -0.2) is 31.3 Å². The molecule has 3 aromatic rings. The van der Waals surface area contributed by atoms with Crippen molar-refractivity contribution in [2.75, 3.05) is 12.4 Å². The average molecular weight is 450 g/mol. The third kappa shape index (κ3) is 5.05. The highest BCUT2D eigenvalue weighted by atomic mass is 32.2. The van der Waals surface area contributed by atoms with E-state index < -0.39 is 9.84 Å². The first kappa shape index (κ1) is 22.6. The Labute approximate surface area is 191 Å². The molecule has 5 heteroatoms. The molecule has 0 amide bonds. The number of fused-ring (bicyclic) bond motifs is 2. The molecular weight excluding hydrogens is 418 g/mol. The van der Waals surface area contributed by atoms with E-state index in [4.69, 9.17) is 4.74 Å². The van der Waals surface area contributed by atoms with Crippen LogP contribution in [-0.2, 0) is 16.4 Å². The lowest BCUT2D eigenvalue weighted by molar-refractivity contribution is 0.159. The largest absolute Gasteiger partial charge is 0.483 e. The number of hydrogen-bond acceptors (Lipinski definition) is 4. The number of nitrogens with zero attached hydrogens (tertiary/aromatic N) is 1. The molecule has 0 atom stereocenters. The summed E-state index contributed by atoms with van der Waals surface area (Å²) in [5.74, 6) is 1.19. The van der Waals surface area contributed by atoms with E-state index >= 15 is 0 Å². The van der Waals surface area contributed by atoms with Crippen LogP contribution in [0.2, 0.25) is 0 Å². The Morgan fingerprint density at radius 2 is 1.75 bits per heavy atom. The Kier molecular flexibility index (Phi) is 6.15. The standard InChI is InChI=1S/C27H31NO3S/c1-20(2)17-28(18-21-12-13-25-23(16-21)14-15-27(3,4)31-25)19-32(29,30)26-11-7-9-22-8-5-6-10-24(22)26/h5-16,20H,17-19H2,1-4H3. The van der Waals surface area contributed by atoms with Crippen LogP contribution in [0.4, 0.5) is 0 Å². The number of benzene rings is 3. The highest BCUT2D eigenvalue weighted by Crippen LogP contribution is 2.32. The van der Waals surface area contributed by atoms with Gasteiger partial charge < -0.3 is 4.74 Å². The summed E-state index contributed by atoms with van der Waals surface area (Å²) in [6.45, 7) is 9.55. The molecule has 3 aromatic carbocycles. The summed E-state index contributed by atoms with van der Waals surface area (Å²) < 4.78 is 32.9. The number of ether oxygens (including phenoxy) is 1. The Bertz CT molecular complexity index is 1250. The maximum absolute atomic E-state index is 13.5. The summed E-state index contributed by atoms with van der Waals surface area (Å²) in [4.78, 5) is 2.43. The topological polar surface area (TPSA) is 46.6 Å². The van der Waals surface area contributed by atoms with Crippen LogP contribution in [0.5, 0.6) is 5.75 Å². The van der Waals surface area contributed by atoms with E-state index in [1.54, 1.807) is 6.07 Å². The van der Waals surface area contributed by atoms with Gasteiger partial charge in [0.2, 0.25) is 0 Å². The molecule has 0 radical (unpaired) electrons. The summed E-state index contributed by atoms with van der Waals surface area (Å²) in [7, 11) is -3.50. The fourth-order valence-electron chi connectivity index (χ4n) is 4.24. The van der Waals surface area contributed by atoms with E-state index in [-0.39, 0.29) is 11.5 Å². The van der Waals surface area contributed by atoms with Gasteiger partial charge >= 0.3 is 0 Å². The first-order valence-corrected chi connectivity index (χ1v) is 12.7. The highest BCUT2D eigenvalue weighted by Gasteiger charge is 2.24. The maximum atomic E-state index is 13.5. The van der Waals surface area contributed by atoms with Crippen LogP contribution >= 0.6 is 0 Å². The molecule has 0 aromatic heterocycles. The minimum atomic E-state index is -3.50. The van der Waals surface area contributed by atoms with Gasteiger partial charge in [-0.25, -0.2) is 8.42 Å². The van der Waals surface area contributed by atoms with Gasteiger partial charge in [-0.15, -0.1) is 0 Å². The van der Waals surface area contributed by atoms with Crippen molar-refractivity contribution in [1.82, 2.24) is 4.90 Å². The monoisotopic (exact) mass is 449 g/mol. The third-order valence-corrected chi connectivity index (χ3v) is 7.31. The molecule has 0 bridgehead atoms. The summed E-state index contributed by atoms with van der Waals surface area (Å²) in [5.41, 5.74) is 1.79. The molecule has 0 saturated carbocycles. The molecule has 0 unspecified atom stereocenters. The van der Waals surface area contributed by atoms with Crippen LogP contribution < -0.4 is 4.74 Å². The Hall–Kier alpha value is -2.63. The zero-order valence-electron chi connectivity index (χ0n) is 19.2. The first-order valence-electron chi connectivity index (χ1n) is 11.1. The Morgan fingerprint density at radius 3 is 2.53 bits per heavy atom. The summed E-state index contributed by atoms with van der Waals surface area (Å²) in [6.07, 6.45) is 4.14. The van der Waals surface area contributed by atoms with E-state index in [2.05, 4.69) is 32.1 Å². The lowest BCUT2D eigenvalue weighted by Crippen LogP contribution is -2.33. The molecule has 4 nitrogen and oxygen atoms in total. The van der Waals surface area contributed by atoms with Gasteiger partial charge in [-0.05, 0) is 55.0 Å². The van der Waals surface area contributed by atoms with Crippen molar-refractivity contribution < 1.29 is 13.2 Å². The number of sulfone groups is 1. The van der Waals surface area contributed by atoms with Crippen molar-refractivity contribution >= 4 is 26.7 Å². The van der Waals surface area contributed by atoms with Crippen LogP contribution in [0.3, 0.4) is 0 Å². The second kappa shape index (κ2) is 8.72. The van der Waals surface area contributed by atoms with Gasteiger partial charge in [0.1, 0.15) is 17.2 Å². The minimum Gasteiger partial charge on any atom is -0.483 e. The molecule has 32 heavy (non-hydrogen) atoms. The molecule has 168 valence electrons. The van der Waals surface area contributed by atoms with Crippen molar-refractivity contribution in [1.29, 1.82) is 0 Å². The lowest BCUT2D eigenvalue weighted by atomic mass is 10.0. The van der Waals surface area contributed by atoms with Crippen molar-refractivity contribution in [3.63, 3.8) is 0 Å². The lowest BCUT2D eigenvalue weighted by Gasteiger charge is -2.29. The molecule has 1 aliphatic heterocycles. The first-order chi connectivity index (χ1) is 15.1. The quantitative estimate of drug-likeness (QED) is 0.450. The van der Waals surface area contributed by atoms with E-state index in [0.717, 1.165) is 27.6 Å². The third-order valence-electron chi connectivity index (χ3n) is 5.58. The zero-order valence-corrected chi connectivity index (χ0v) is 20.0. The predicted molar refractivity (Wildman–Crippen MR) is 131 cm³/mol. The molecule has 0 spiro atoms. The van der Waals surface area contributed by atoms with Gasteiger partial charge in [0, 0.05) is 24.0 Å². The molecule has 1 aliphatic rings. The molecule has 0 saturated heterocycles. The maximum Gasteiger partial charge on any atom is 0.192 e. The number of hydrogen-bond donors (Lipinski definition) is 0.